The van der Waals surface area contributed by atoms with Crippen molar-refractivity contribution in [3.8, 4) is 0 Å². The van der Waals surface area contributed by atoms with Crippen molar-refractivity contribution in [2.24, 2.45) is 0 Å². The van der Waals surface area contributed by atoms with Crippen molar-refractivity contribution in [3.05, 3.63) is 39.7 Å². The van der Waals surface area contributed by atoms with Gasteiger partial charge in [-0.1, -0.05) is 0 Å². The summed E-state index contributed by atoms with van der Waals surface area (Å²) >= 11 is 1.70. The molecule has 1 unspecified atom stereocenters. The summed E-state index contributed by atoms with van der Waals surface area (Å²) in [7, 11) is 1.95. The van der Waals surface area contributed by atoms with E-state index >= 15 is 0 Å². The molecular weight excluding hydrogens is 220 g/mol. The molecule has 2 heterocycles. The van der Waals surface area contributed by atoms with Crippen LogP contribution in [0.25, 0.3) is 0 Å². The van der Waals surface area contributed by atoms with Crippen molar-refractivity contribution in [2.45, 2.75) is 26.3 Å². The van der Waals surface area contributed by atoms with Crippen LogP contribution in [0, 0.1) is 13.8 Å². The summed E-state index contributed by atoms with van der Waals surface area (Å²) < 4.78 is 5.63. The second-order valence-electron chi connectivity index (χ2n) is 3.88. The maximum atomic E-state index is 5.63. The topological polar surface area (TPSA) is 38.1 Å². The number of nitrogens with one attached hydrogen (secondary N) is 1. The van der Waals surface area contributed by atoms with Crippen LogP contribution < -0.4 is 5.32 Å². The van der Waals surface area contributed by atoms with Crippen LogP contribution in [0.15, 0.2) is 21.9 Å². The highest BCUT2D eigenvalue weighted by molar-refractivity contribution is 7.09. The van der Waals surface area contributed by atoms with E-state index < -0.39 is 0 Å². The van der Waals surface area contributed by atoms with Gasteiger partial charge in [0.2, 0.25) is 0 Å². The predicted molar refractivity (Wildman–Crippen MR) is 65.8 cm³/mol. The van der Waals surface area contributed by atoms with E-state index in [1.54, 1.807) is 11.3 Å². The maximum Gasteiger partial charge on any atom is 0.121 e. The summed E-state index contributed by atoms with van der Waals surface area (Å²) in [5.74, 6) is 1.93. The minimum absolute atomic E-state index is 0.208. The molecule has 0 aromatic carbocycles. The van der Waals surface area contributed by atoms with Crippen molar-refractivity contribution in [1.29, 1.82) is 0 Å². The Hall–Kier alpha value is -1.13. The van der Waals surface area contributed by atoms with Crippen LogP contribution in [-0.2, 0) is 6.42 Å². The van der Waals surface area contributed by atoms with Crippen LogP contribution in [0.4, 0.5) is 0 Å². The van der Waals surface area contributed by atoms with Crippen LogP contribution in [0.2, 0.25) is 0 Å². The second kappa shape index (κ2) is 4.80. The molecule has 1 atom stereocenters. The Kier molecular flexibility index (Phi) is 3.41. The van der Waals surface area contributed by atoms with Crippen molar-refractivity contribution >= 4 is 11.3 Å². The molecule has 0 radical (unpaired) electrons. The maximum absolute atomic E-state index is 5.63. The Labute approximate surface area is 99.5 Å². The third kappa shape index (κ3) is 2.51. The summed E-state index contributed by atoms with van der Waals surface area (Å²) in [4.78, 5) is 4.47. The zero-order chi connectivity index (χ0) is 11.5. The molecule has 4 heteroatoms. The number of likely N-dealkylation sites (N-methyl/N-ethyl adjacent to an activating group) is 1. The van der Waals surface area contributed by atoms with Crippen molar-refractivity contribution in [2.75, 3.05) is 7.05 Å². The molecule has 16 heavy (non-hydrogen) atoms. The Bertz CT molecular complexity index is 461. The molecule has 0 aliphatic carbocycles. The number of hydrogen-bond donors (Lipinski definition) is 1. The van der Waals surface area contributed by atoms with Gasteiger partial charge in [0.15, 0.2) is 0 Å². The minimum atomic E-state index is 0.208. The largest absolute Gasteiger partial charge is 0.465 e. The highest BCUT2D eigenvalue weighted by Crippen LogP contribution is 2.22. The summed E-state index contributed by atoms with van der Waals surface area (Å²) in [5, 5.41) is 6.49. The lowest BCUT2D eigenvalue weighted by Crippen LogP contribution is -2.18. The summed E-state index contributed by atoms with van der Waals surface area (Å²) in [5.41, 5.74) is 1.09. The van der Waals surface area contributed by atoms with Gasteiger partial charge in [-0.2, -0.15) is 0 Å². The first-order valence-corrected chi connectivity index (χ1v) is 6.21. The molecule has 3 nitrogen and oxygen atoms in total. The van der Waals surface area contributed by atoms with Crippen LogP contribution in [-0.4, -0.2) is 12.0 Å². The molecule has 2 aromatic rings. The van der Waals surface area contributed by atoms with Crippen LogP contribution in [0.3, 0.4) is 0 Å². The number of rotatable bonds is 4. The standard InChI is InChI=1S/C12H16N2OS/c1-8-7-16-12(14-8)6-10(13-3)11-5-4-9(2)15-11/h4-5,7,10,13H,6H2,1-3H3. The Morgan fingerprint density at radius 2 is 2.25 bits per heavy atom. The third-order valence-electron chi connectivity index (χ3n) is 2.50. The lowest BCUT2D eigenvalue weighted by atomic mass is 10.1. The number of aromatic nitrogens is 1. The number of nitrogens with zero attached hydrogens (tertiary/aromatic N) is 1. The molecule has 0 bridgehead atoms. The van der Waals surface area contributed by atoms with Crippen LogP contribution in [0.1, 0.15) is 28.3 Å². The first kappa shape index (κ1) is 11.4. The van der Waals surface area contributed by atoms with Gasteiger partial charge < -0.3 is 9.73 Å². The van der Waals surface area contributed by atoms with Gasteiger partial charge in [-0.25, -0.2) is 4.98 Å². The van der Waals surface area contributed by atoms with Gasteiger partial charge in [0.05, 0.1) is 11.0 Å². The van der Waals surface area contributed by atoms with Crippen LogP contribution >= 0.6 is 11.3 Å². The van der Waals surface area contributed by atoms with E-state index in [-0.39, 0.29) is 6.04 Å². The van der Waals surface area contributed by atoms with Gasteiger partial charge in [-0.3, -0.25) is 0 Å². The van der Waals surface area contributed by atoms with Gasteiger partial charge >= 0.3 is 0 Å². The number of furan rings is 1. The molecule has 2 rings (SSSR count). The molecule has 0 spiro atoms. The van der Waals surface area contributed by atoms with Gasteiger partial charge in [0.1, 0.15) is 11.5 Å². The first-order chi connectivity index (χ1) is 7.69. The lowest BCUT2D eigenvalue weighted by molar-refractivity contribution is 0.414. The quantitative estimate of drug-likeness (QED) is 0.887. The van der Waals surface area contributed by atoms with Gasteiger partial charge in [-0.05, 0) is 33.0 Å². The summed E-state index contributed by atoms with van der Waals surface area (Å²) in [6, 6.07) is 4.23. The van der Waals surface area contributed by atoms with Crippen LogP contribution in [0.5, 0.6) is 0 Å². The van der Waals surface area contributed by atoms with Gasteiger partial charge in [0, 0.05) is 17.5 Å². The molecule has 1 N–H and O–H groups in total. The highest BCUT2D eigenvalue weighted by atomic mass is 32.1. The number of aryl methyl sites for hydroxylation is 2. The average molecular weight is 236 g/mol. The molecule has 0 aliphatic heterocycles. The van der Waals surface area contributed by atoms with Crippen molar-refractivity contribution in [1.82, 2.24) is 10.3 Å². The van der Waals surface area contributed by atoms with E-state index in [2.05, 4.69) is 15.7 Å². The third-order valence-corrected chi connectivity index (χ3v) is 3.49. The van der Waals surface area contributed by atoms with Gasteiger partial charge in [0.25, 0.3) is 0 Å². The van der Waals surface area contributed by atoms with E-state index in [4.69, 9.17) is 4.42 Å². The van der Waals surface area contributed by atoms with E-state index in [1.807, 2.05) is 33.0 Å². The monoisotopic (exact) mass is 236 g/mol. The molecule has 0 amide bonds. The molecule has 2 aromatic heterocycles. The van der Waals surface area contributed by atoms with E-state index in [0.717, 1.165) is 28.6 Å². The molecule has 0 saturated carbocycles. The number of hydrogen-bond acceptors (Lipinski definition) is 4. The SMILES string of the molecule is CNC(Cc1nc(C)cs1)c1ccc(C)o1. The van der Waals surface area contributed by atoms with Gasteiger partial charge in [-0.15, -0.1) is 11.3 Å². The van der Waals surface area contributed by atoms with E-state index in [9.17, 15) is 0 Å². The summed E-state index contributed by atoms with van der Waals surface area (Å²) in [6.07, 6.45) is 0.877. The first-order valence-electron chi connectivity index (χ1n) is 5.33. The van der Waals surface area contributed by atoms with E-state index in [0.29, 0.717) is 0 Å². The second-order valence-corrected chi connectivity index (χ2v) is 4.82. The summed E-state index contributed by atoms with van der Waals surface area (Å²) in [6.45, 7) is 3.98. The molecule has 0 fully saturated rings. The van der Waals surface area contributed by atoms with Crippen molar-refractivity contribution < 1.29 is 4.42 Å². The van der Waals surface area contributed by atoms with Crippen molar-refractivity contribution in [3.63, 3.8) is 0 Å². The molecule has 0 saturated heterocycles. The Balaban J connectivity index is 2.12. The normalized spacial score (nSPS) is 12.9. The Morgan fingerprint density at radius 1 is 1.44 bits per heavy atom. The zero-order valence-corrected chi connectivity index (χ0v) is 10.6. The minimum Gasteiger partial charge on any atom is -0.465 e. The van der Waals surface area contributed by atoms with E-state index in [1.165, 1.54) is 0 Å². The molecule has 0 aliphatic rings. The highest BCUT2D eigenvalue weighted by Gasteiger charge is 2.15. The zero-order valence-electron chi connectivity index (χ0n) is 9.78. The predicted octanol–water partition coefficient (Wildman–Crippen LogP) is 2.86. The lowest BCUT2D eigenvalue weighted by Gasteiger charge is -2.11. The fraction of sp³-hybridized carbons (Fsp3) is 0.417. The Morgan fingerprint density at radius 3 is 2.75 bits per heavy atom. The fourth-order valence-electron chi connectivity index (χ4n) is 1.66. The molecule has 86 valence electrons. The average Bonchev–Trinajstić information content (AvgIpc) is 2.84. The number of thiazole rings is 1. The fourth-order valence-corrected chi connectivity index (χ4v) is 2.48. The smallest absolute Gasteiger partial charge is 0.121 e. The molecular formula is C12H16N2OS.